The third-order valence-electron chi connectivity index (χ3n) is 5.60. The monoisotopic (exact) mass is 439 g/mol. The summed E-state index contributed by atoms with van der Waals surface area (Å²) in [5.41, 5.74) is 14.7. The lowest BCUT2D eigenvalue weighted by Crippen LogP contribution is -2.41. The van der Waals surface area contributed by atoms with Crippen LogP contribution in [0.25, 0.3) is 6.20 Å². The molecule has 0 fully saturated rings. The Balaban J connectivity index is 1.73. The molecule has 174 valence electrons. The molecule has 0 amide bonds. The van der Waals surface area contributed by atoms with Gasteiger partial charge in [0.15, 0.2) is 5.96 Å². The standard InChI is InChI=1S/C24H37N7O/c1-5-7-19(27-12-6-13-28-22(25)26)16-8-10-18(11-9-16)31-15-17-14-20(24(2,3)4)29-21(17)30-23(31)32/h8-11,14-15,19,23,27,32H,5-7,12-13H2,1-4H3,(H,29,30)(H4,25,26,28)/t19-,23?/m0/s1. The van der Waals surface area contributed by atoms with E-state index in [1.807, 2.05) is 18.3 Å². The quantitative estimate of drug-likeness (QED) is 0.230. The maximum Gasteiger partial charge on any atom is 0.231 e. The molecule has 0 spiro atoms. The van der Waals surface area contributed by atoms with Gasteiger partial charge in [0, 0.05) is 40.8 Å². The second-order valence-corrected chi connectivity index (χ2v) is 9.30. The highest BCUT2D eigenvalue weighted by Gasteiger charge is 2.21. The Morgan fingerprint density at radius 3 is 2.62 bits per heavy atom. The van der Waals surface area contributed by atoms with E-state index in [0.29, 0.717) is 6.54 Å². The number of fused-ring (bicyclic) bond motifs is 1. The van der Waals surface area contributed by atoms with Crippen LogP contribution in [0.3, 0.4) is 0 Å². The molecule has 3 rings (SSSR count). The van der Waals surface area contributed by atoms with Crippen molar-refractivity contribution in [3.05, 3.63) is 52.3 Å². The maximum atomic E-state index is 10.6. The molecule has 0 aliphatic carbocycles. The van der Waals surface area contributed by atoms with Gasteiger partial charge in [0.2, 0.25) is 6.35 Å². The molecule has 2 atom stereocenters. The normalized spacial score (nSPS) is 16.7. The molecule has 2 heterocycles. The largest absolute Gasteiger partial charge is 0.370 e. The first kappa shape index (κ1) is 23.8. The second-order valence-electron chi connectivity index (χ2n) is 9.30. The summed E-state index contributed by atoms with van der Waals surface area (Å²) in [4.78, 5) is 13.6. The molecule has 0 saturated carbocycles. The van der Waals surface area contributed by atoms with Crippen molar-refractivity contribution in [2.75, 3.05) is 18.0 Å². The molecular weight excluding hydrogens is 402 g/mol. The Morgan fingerprint density at radius 2 is 2.00 bits per heavy atom. The van der Waals surface area contributed by atoms with Gasteiger partial charge < -0.3 is 31.8 Å². The minimum atomic E-state index is -0.958. The van der Waals surface area contributed by atoms with E-state index in [4.69, 9.17) is 11.5 Å². The van der Waals surface area contributed by atoms with Gasteiger partial charge in [-0.3, -0.25) is 4.99 Å². The Kier molecular flexibility index (Phi) is 7.58. The molecule has 1 aliphatic rings. The van der Waals surface area contributed by atoms with E-state index in [0.717, 1.165) is 47.9 Å². The zero-order chi connectivity index (χ0) is 23.3. The molecule has 1 aromatic carbocycles. The van der Waals surface area contributed by atoms with Crippen molar-refractivity contribution in [2.24, 2.45) is 21.5 Å². The van der Waals surface area contributed by atoms with Crippen molar-refractivity contribution >= 4 is 17.8 Å². The van der Waals surface area contributed by atoms with E-state index in [1.54, 1.807) is 4.90 Å². The van der Waals surface area contributed by atoms with Crippen molar-refractivity contribution in [2.45, 2.75) is 64.8 Å². The lowest BCUT2D eigenvalue weighted by Gasteiger charge is -2.26. The molecule has 8 nitrogen and oxygen atoms in total. The summed E-state index contributed by atoms with van der Waals surface area (Å²) in [6.07, 6.45) is 4.00. The van der Waals surface area contributed by atoms with Crippen LogP contribution < -0.4 is 32.4 Å². The summed E-state index contributed by atoms with van der Waals surface area (Å²) in [6, 6.07) is 10.7. The van der Waals surface area contributed by atoms with Gasteiger partial charge in [-0.25, -0.2) is 4.99 Å². The van der Waals surface area contributed by atoms with E-state index in [9.17, 15) is 5.11 Å². The number of benzene rings is 1. The van der Waals surface area contributed by atoms with E-state index < -0.39 is 6.35 Å². The topological polar surface area (TPSA) is 128 Å². The number of H-pyrrole nitrogens is 1. The number of hydrogen-bond donors (Lipinski definition) is 5. The first-order chi connectivity index (χ1) is 15.2. The van der Waals surface area contributed by atoms with Gasteiger partial charge in [0.1, 0.15) is 5.49 Å². The van der Waals surface area contributed by atoms with Crippen molar-refractivity contribution < 1.29 is 5.11 Å². The highest BCUT2D eigenvalue weighted by molar-refractivity contribution is 5.75. The fourth-order valence-corrected chi connectivity index (χ4v) is 3.79. The number of aliphatic hydroxyl groups is 1. The van der Waals surface area contributed by atoms with Crippen LogP contribution in [0.15, 0.2) is 40.3 Å². The number of guanidine groups is 1. The first-order valence-corrected chi connectivity index (χ1v) is 11.3. The highest BCUT2D eigenvalue weighted by atomic mass is 16.3. The number of aliphatic imine (C=N–C) groups is 1. The van der Waals surface area contributed by atoms with Crippen LogP contribution in [-0.4, -0.2) is 35.5 Å². The minimum absolute atomic E-state index is 0.0112. The highest BCUT2D eigenvalue weighted by Crippen LogP contribution is 2.24. The lowest BCUT2D eigenvalue weighted by atomic mass is 9.92. The number of anilines is 1. The van der Waals surface area contributed by atoms with Crippen LogP contribution in [-0.2, 0) is 5.41 Å². The minimum Gasteiger partial charge on any atom is -0.370 e. The fraction of sp³-hybridized carbons (Fsp3) is 0.500. The molecule has 1 unspecified atom stereocenters. The van der Waals surface area contributed by atoms with Gasteiger partial charge in [-0.15, -0.1) is 0 Å². The van der Waals surface area contributed by atoms with E-state index in [-0.39, 0.29) is 17.4 Å². The van der Waals surface area contributed by atoms with Gasteiger partial charge in [-0.05, 0) is 43.1 Å². The summed E-state index contributed by atoms with van der Waals surface area (Å²) in [5.74, 6) is 0.135. The SMILES string of the molecule is CCC[C@H](NCCCN=C(N)N)c1ccc(N2C=c3cc(C(C)(C)C)[nH]c3=NC2O)cc1. The molecule has 7 N–H and O–H groups in total. The zero-order valence-corrected chi connectivity index (χ0v) is 19.6. The van der Waals surface area contributed by atoms with Crippen LogP contribution in [0, 0.1) is 0 Å². The number of rotatable bonds is 9. The Hall–Kier alpha value is -2.84. The van der Waals surface area contributed by atoms with Crippen molar-refractivity contribution in [1.29, 1.82) is 0 Å². The van der Waals surface area contributed by atoms with Crippen molar-refractivity contribution in [3.8, 4) is 0 Å². The van der Waals surface area contributed by atoms with E-state index in [2.05, 4.69) is 66.2 Å². The Morgan fingerprint density at radius 1 is 1.28 bits per heavy atom. The number of nitrogens with one attached hydrogen (secondary N) is 2. The van der Waals surface area contributed by atoms with Crippen LogP contribution in [0.1, 0.15) is 64.3 Å². The Bertz CT molecular complexity index is 1030. The Labute approximate surface area is 190 Å². The molecule has 1 aliphatic heterocycles. The predicted molar refractivity (Wildman–Crippen MR) is 131 cm³/mol. The summed E-state index contributed by atoms with van der Waals surface area (Å²) in [6.45, 7) is 10.1. The number of aromatic amines is 1. The summed E-state index contributed by atoms with van der Waals surface area (Å²) in [7, 11) is 0. The van der Waals surface area contributed by atoms with Crippen LogP contribution >= 0.6 is 0 Å². The number of nitrogens with zero attached hydrogens (tertiary/aromatic N) is 3. The summed E-state index contributed by atoms with van der Waals surface area (Å²) in [5, 5.41) is 15.2. The third kappa shape index (κ3) is 5.89. The van der Waals surface area contributed by atoms with Crippen molar-refractivity contribution in [3.63, 3.8) is 0 Å². The molecule has 2 aromatic rings. The van der Waals surface area contributed by atoms with E-state index >= 15 is 0 Å². The number of aliphatic hydroxyl groups excluding tert-OH is 1. The molecule has 1 aromatic heterocycles. The smallest absolute Gasteiger partial charge is 0.231 e. The first-order valence-electron chi connectivity index (χ1n) is 11.3. The summed E-state index contributed by atoms with van der Waals surface area (Å²) < 4.78 is 0. The molecule has 32 heavy (non-hydrogen) atoms. The molecule has 0 radical (unpaired) electrons. The summed E-state index contributed by atoms with van der Waals surface area (Å²) >= 11 is 0. The van der Waals surface area contributed by atoms with Crippen LogP contribution in [0.4, 0.5) is 5.69 Å². The third-order valence-corrected chi connectivity index (χ3v) is 5.60. The number of aromatic nitrogens is 1. The molecule has 0 saturated heterocycles. The van der Waals surface area contributed by atoms with Crippen LogP contribution in [0.2, 0.25) is 0 Å². The van der Waals surface area contributed by atoms with Gasteiger partial charge in [0.05, 0.1) is 0 Å². The number of hydrogen-bond acceptors (Lipinski definition) is 5. The van der Waals surface area contributed by atoms with Gasteiger partial charge >= 0.3 is 0 Å². The second kappa shape index (κ2) is 10.2. The fourth-order valence-electron chi connectivity index (χ4n) is 3.79. The lowest BCUT2D eigenvalue weighted by molar-refractivity contribution is 0.186. The van der Waals surface area contributed by atoms with Gasteiger partial charge in [-0.2, -0.15) is 0 Å². The van der Waals surface area contributed by atoms with Gasteiger partial charge in [-0.1, -0.05) is 46.2 Å². The maximum absolute atomic E-state index is 10.6. The molecule has 0 bridgehead atoms. The average Bonchev–Trinajstić information content (AvgIpc) is 3.15. The van der Waals surface area contributed by atoms with E-state index in [1.165, 1.54) is 5.56 Å². The van der Waals surface area contributed by atoms with Crippen LogP contribution in [0.5, 0.6) is 0 Å². The zero-order valence-electron chi connectivity index (χ0n) is 19.6. The average molecular weight is 440 g/mol. The molecule has 8 heteroatoms. The number of nitrogens with two attached hydrogens (primary N) is 2. The van der Waals surface area contributed by atoms with Crippen molar-refractivity contribution in [1.82, 2.24) is 10.3 Å². The molecular formula is C24H37N7O. The van der Waals surface area contributed by atoms with Gasteiger partial charge in [0.25, 0.3) is 0 Å². The predicted octanol–water partition coefficient (Wildman–Crippen LogP) is 1.56.